The zero-order valence-electron chi connectivity index (χ0n) is 27.6. The van der Waals surface area contributed by atoms with Crippen LogP contribution in [-0.2, 0) is 29.1 Å². The molecular formula is C32H49FN6O5. The maximum Gasteiger partial charge on any atom is 0.257 e. The van der Waals surface area contributed by atoms with Crippen LogP contribution in [0.5, 0.6) is 5.75 Å². The number of ether oxygens (including phenoxy) is 1. The molecule has 244 valence electrons. The first-order valence-electron chi connectivity index (χ1n) is 15.2. The van der Waals surface area contributed by atoms with Gasteiger partial charge in [-0.3, -0.25) is 24.3 Å². The van der Waals surface area contributed by atoms with E-state index in [4.69, 9.17) is 14.1 Å². The number of fused-ring (bicyclic) bond motifs is 1. The fraction of sp³-hybridized carbons (Fsp3) is 0.562. The molecule has 44 heavy (non-hydrogen) atoms. The summed E-state index contributed by atoms with van der Waals surface area (Å²) in [4.78, 5) is 45.4. The van der Waals surface area contributed by atoms with Gasteiger partial charge < -0.3 is 29.6 Å². The summed E-state index contributed by atoms with van der Waals surface area (Å²) in [5.41, 5.74) is 1.81. The lowest BCUT2D eigenvalue weighted by Gasteiger charge is -2.37. The van der Waals surface area contributed by atoms with E-state index in [1.807, 2.05) is 33.8 Å². The third kappa shape index (κ3) is 8.81. The molecule has 1 saturated heterocycles. The largest absolute Gasteiger partial charge is 0.494 e. The van der Waals surface area contributed by atoms with Crippen LogP contribution >= 0.6 is 0 Å². The molecule has 4 rings (SSSR count). The van der Waals surface area contributed by atoms with E-state index in [2.05, 4.69) is 34.3 Å². The number of nitrogens with zero attached hydrogens (tertiary/aromatic N) is 4. The zero-order chi connectivity index (χ0) is 33.0. The van der Waals surface area contributed by atoms with Crippen molar-refractivity contribution in [1.82, 2.24) is 25.3 Å². The van der Waals surface area contributed by atoms with Crippen molar-refractivity contribution in [2.75, 3.05) is 47.4 Å². The topological polar surface area (TPSA) is 120 Å². The van der Waals surface area contributed by atoms with Crippen LogP contribution in [0.2, 0.25) is 0 Å². The number of hydrogen-bond donors (Lipinski definition) is 2. The van der Waals surface area contributed by atoms with Crippen LogP contribution in [0, 0.1) is 5.82 Å². The number of rotatable bonds is 9. The lowest BCUT2D eigenvalue weighted by Crippen LogP contribution is -2.50. The number of amidine groups is 1. The standard InChI is InChI=1S/C20H33N5O3.C10H10FNO2.C2H6/c1-6-17-16(11-18(28-17)19(23-13-26)20(27)21-5)12-22-15(4)25-9-7-24(8-10-25)14(2)3;1-12-5-6-3-4-7(14-2)9(11)8(6)10(12)13;1-2/h11,13-14,19H,6-10,12H2,1-5H3,(H,21,27)(H,23,26);3-4H,5H2,1-2H3;1-2H3. The van der Waals surface area contributed by atoms with Gasteiger partial charge in [-0.15, -0.1) is 0 Å². The van der Waals surface area contributed by atoms with E-state index in [1.165, 1.54) is 19.1 Å². The quantitative estimate of drug-likeness (QED) is 0.250. The van der Waals surface area contributed by atoms with Gasteiger partial charge in [0.2, 0.25) is 12.3 Å². The minimum Gasteiger partial charge on any atom is -0.494 e. The number of aryl methyl sites for hydroxylation is 1. The van der Waals surface area contributed by atoms with Crippen LogP contribution in [0.15, 0.2) is 27.6 Å². The molecule has 1 unspecified atom stereocenters. The summed E-state index contributed by atoms with van der Waals surface area (Å²) in [6, 6.07) is 4.82. The summed E-state index contributed by atoms with van der Waals surface area (Å²) in [6.07, 6.45) is 1.20. The van der Waals surface area contributed by atoms with Crippen LogP contribution in [0.1, 0.15) is 80.6 Å². The Kier molecular flexibility index (Phi) is 14.3. The average molecular weight is 617 g/mol. The van der Waals surface area contributed by atoms with Crippen molar-refractivity contribution in [2.45, 2.75) is 73.1 Å². The molecule has 0 aliphatic carbocycles. The molecule has 0 radical (unpaired) electrons. The second-order valence-corrected chi connectivity index (χ2v) is 10.5. The number of piperazine rings is 1. The normalized spacial score (nSPS) is 15.5. The molecular weight excluding hydrogens is 567 g/mol. The number of halogens is 1. The van der Waals surface area contributed by atoms with Gasteiger partial charge >= 0.3 is 0 Å². The van der Waals surface area contributed by atoms with Gasteiger partial charge in [-0.2, -0.15) is 0 Å². The molecule has 3 heterocycles. The van der Waals surface area contributed by atoms with Crippen molar-refractivity contribution in [2.24, 2.45) is 4.99 Å². The van der Waals surface area contributed by atoms with Gasteiger partial charge in [-0.1, -0.05) is 26.8 Å². The molecule has 3 amide bonds. The summed E-state index contributed by atoms with van der Waals surface area (Å²) in [5.74, 6) is 1.19. The molecule has 2 aliphatic rings. The van der Waals surface area contributed by atoms with Crippen LogP contribution in [0.4, 0.5) is 4.39 Å². The molecule has 2 aromatic rings. The monoisotopic (exact) mass is 616 g/mol. The van der Waals surface area contributed by atoms with Crippen molar-refractivity contribution >= 4 is 24.1 Å². The molecule has 0 spiro atoms. The van der Waals surface area contributed by atoms with Crippen molar-refractivity contribution in [3.8, 4) is 5.75 Å². The van der Waals surface area contributed by atoms with E-state index in [9.17, 15) is 18.8 Å². The Hall–Kier alpha value is -3.93. The summed E-state index contributed by atoms with van der Waals surface area (Å²) in [7, 11) is 4.56. The molecule has 1 fully saturated rings. The molecule has 2 aliphatic heterocycles. The van der Waals surface area contributed by atoms with Gasteiger partial charge in [0.1, 0.15) is 11.5 Å². The fourth-order valence-corrected chi connectivity index (χ4v) is 5.06. The predicted octanol–water partition coefficient (Wildman–Crippen LogP) is 3.77. The van der Waals surface area contributed by atoms with Gasteiger partial charge in [0.15, 0.2) is 17.6 Å². The summed E-state index contributed by atoms with van der Waals surface area (Å²) < 4.78 is 24.3. The summed E-state index contributed by atoms with van der Waals surface area (Å²) in [5, 5.41) is 5.05. The highest BCUT2D eigenvalue weighted by atomic mass is 19.1. The second kappa shape index (κ2) is 17.4. The Morgan fingerprint density at radius 1 is 1.20 bits per heavy atom. The Morgan fingerprint density at radius 3 is 2.41 bits per heavy atom. The van der Waals surface area contributed by atoms with Gasteiger partial charge in [0.25, 0.3) is 5.91 Å². The van der Waals surface area contributed by atoms with Gasteiger partial charge in [-0.05, 0) is 38.5 Å². The summed E-state index contributed by atoms with van der Waals surface area (Å²) >= 11 is 0. The molecule has 0 bridgehead atoms. The number of nitrogens with one attached hydrogen (secondary N) is 2. The van der Waals surface area contributed by atoms with Crippen molar-refractivity contribution in [1.29, 1.82) is 0 Å². The van der Waals surface area contributed by atoms with Crippen molar-refractivity contribution < 1.29 is 27.9 Å². The number of furan rings is 1. The number of carbonyl (C=O) groups is 3. The first-order valence-corrected chi connectivity index (χ1v) is 15.2. The number of amides is 3. The smallest absolute Gasteiger partial charge is 0.257 e. The first-order chi connectivity index (χ1) is 21.1. The lowest BCUT2D eigenvalue weighted by molar-refractivity contribution is -0.125. The van der Waals surface area contributed by atoms with Crippen LogP contribution in [-0.4, -0.2) is 92.2 Å². The fourth-order valence-electron chi connectivity index (χ4n) is 5.06. The Morgan fingerprint density at radius 2 is 1.86 bits per heavy atom. The minimum atomic E-state index is -0.837. The maximum atomic E-state index is 13.6. The first kappa shape index (κ1) is 36.3. The van der Waals surface area contributed by atoms with E-state index in [-0.39, 0.29) is 23.1 Å². The molecule has 1 aromatic carbocycles. The number of hydrogen-bond acceptors (Lipinski definition) is 7. The Balaban J connectivity index is 0.000000350. The minimum absolute atomic E-state index is 0.118. The zero-order valence-corrected chi connectivity index (χ0v) is 27.6. The summed E-state index contributed by atoms with van der Waals surface area (Å²) in [6.45, 7) is 17.5. The van der Waals surface area contributed by atoms with E-state index in [1.54, 1.807) is 19.2 Å². The maximum absolute atomic E-state index is 13.6. The van der Waals surface area contributed by atoms with E-state index >= 15 is 0 Å². The van der Waals surface area contributed by atoms with Crippen LogP contribution in [0.3, 0.4) is 0 Å². The van der Waals surface area contributed by atoms with Gasteiger partial charge in [0.05, 0.1) is 25.1 Å². The van der Waals surface area contributed by atoms with Crippen LogP contribution in [0.25, 0.3) is 0 Å². The number of benzene rings is 1. The number of methoxy groups -OCH3 is 1. The Bertz CT molecular complexity index is 1290. The number of carbonyl (C=O) groups excluding carboxylic acids is 3. The average Bonchev–Trinajstić information content (AvgIpc) is 3.59. The highest BCUT2D eigenvalue weighted by Crippen LogP contribution is 2.29. The molecule has 12 heteroatoms. The van der Waals surface area contributed by atoms with E-state index in [0.717, 1.165) is 48.9 Å². The third-order valence-corrected chi connectivity index (χ3v) is 7.63. The lowest BCUT2D eigenvalue weighted by atomic mass is 10.1. The van der Waals surface area contributed by atoms with Crippen molar-refractivity contribution in [3.63, 3.8) is 0 Å². The highest BCUT2D eigenvalue weighted by Gasteiger charge is 2.29. The van der Waals surface area contributed by atoms with Crippen molar-refractivity contribution in [3.05, 3.63) is 52.2 Å². The van der Waals surface area contributed by atoms with E-state index < -0.39 is 11.9 Å². The van der Waals surface area contributed by atoms with Gasteiger partial charge in [0, 0.05) is 64.8 Å². The molecule has 1 aromatic heterocycles. The van der Waals surface area contributed by atoms with Crippen LogP contribution < -0.4 is 15.4 Å². The third-order valence-electron chi connectivity index (χ3n) is 7.63. The molecule has 1 atom stereocenters. The highest BCUT2D eigenvalue weighted by molar-refractivity contribution is 5.98. The molecule has 11 nitrogen and oxygen atoms in total. The number of aliphatic imine (C=N–C) groups is 1. The number of likely N-dealkylation sites (N-methyl/N-ethyl adjacent to an activating group) is 1. The Labute approximate surface area is 260 Å². The SMILES string of the molecule is CC.CCc1oc(C(NC=O)C(=O)NC)cc1CN=C(C)N1CCN(C(C)C)CC1.COc1ccc2c(c1F)C(=O)N(C)C2. The van der Waals surface area contributed by atoms with E-state index in [0.29, 0.717) is 37.7 Å². The van der Waals surface area contributed by atoms with Gasteiger partial charge in [-0.25, -0.2) is 4.39 Å². The molecule has 0 saturated carbocycles. The second-order valence-electron chi connectivity index (χ2n) is 10.5. The molecule has 2 N–H and O–H groups in total. The predicted molar refractivity (Wildman–Crippen MR) is 169 cm³/mol.